The number of hydrogen-bond donors (Lipinski definition) is 1. The van der Waals surface area contributed by atoms with Crippen LogP contribution >= 0.6 is 0 Å². The lowest BCUT2D eigenvalue weighted by atomic mass is 9.73. The van der Waals surface area contributed by atoms with Gasteiger partial charge in [-0.3, -0.25) is 4.79 Å². The second kappa shape index (κ2) is 7.12. The SMILES string of the molecule is Cn1c(CNC(=O)C2(c3cccc(F)c3)CCOCC2)nc2ccccc21. The van der Waals surface area contributed by atoms with Gasteiger partial charge in [0.15, 0.2) is 0 Å². The summed E-state index contributed by atoms with van der Waals surface area (Å²) in [5.74, 6) is 0.343. The minimum absolute atomic E-state index is 0.108. The highest BCUT2D eigenvalue weighted by Crippen LogP contribution is 2.35. The van der Waals surface area contributed by atoms with Crippen LogP contribution in [0.15, 0.2) is 48.5 Å². The van der Waals surface area contributed by atoms with E-state index in [0.29, 0.717) is 38.2 Å². The molecule has 27 heavy (non-hydrogen) atoms. The van der Waals surface area contributed by atoms with Gasteiger partial charge < -0.3 is 14.6 Å². The van der Waals surface area contributed by atoms with Gasteiger partial charge in [0.05, 0.1) is 23.0 Å². The molecule has 140 valence electrons. The van der Waals surface area contributed by atoms with Gasteiger partial charge in [-0.25, -0.2) is 9.37 Å². The molecule has 0 aliphatic carbocycles. The Bertz CT molecular complexity index is 976. The van der Waals surface area contributed by atoms with E-state index in [1.165, 1.54) is 12.1 Å². The molecule has 0 saturated carbocycles. The minimum Gasteiger partial charge on any atom is -0.381 e. The molecule has 1 N–H and O–H groups in total. The number of para-hydroxylation sites is 2. The van der Waals surface area contributed by atoms with Crippen LogP contribution < -0.4 is 5.32 Å². The lowest BCUT2D eigenvalue weighted by molar-refractivity contribution is -0.130. The van der Waals surface area contributed by atoms with Gasteiger partial charge in [0, 0.05) is 20.3 Å². The van der Waals surface area contributed by atoms with Crippen molar-refractivity contribution in [2.45, 2.75) is 24.8 Å². The van der Waals surface area contributed by atoms with Crippen molar-refractivity contribution in [3.63, 3.8) is 0 Å². The van der Waals surface area contributed by atoms with Crippen LogP contribution in [0.3, 0.4) is 0 Å². The van der Waals surface area contributed by atoms with Crippen molar-refractivity contribution in [2.75, 3.05) is 13.2 Å². The summed E-state index contributed by atoms with van der Waals surface area (Å²) >= 11 is 0. The Morgan fingerprint density at radius 1 is 1.22 bits per heavy atom. The third-order valence-corrected chi connectivity index (χ3v) is 5.45. The van der Waals surface area contributed by atoms with Crippen molar-refractivity contribution in [1.82, 2.24) is 14.9 Å². The fourth-order valence-electron chi connectivity index (χ4n) is 3.83. The molecule has 1 aliphatic rings. The zero-order valence-corrected chi connectivity index (χ0v) is 15.2. The lowest BCUT2D eigenvalue weighted by Gasteiger charge is -2.36. The first-order valence-corrected chi connectivity index (χ1v) is 9.13. The highest BCUT2D eigenvalue weighted by molar-refractivity contribution is 5.88. The summed E-state index contributed by atoms with van der Waals surface area (Å²) in [6, 6.07) is 14.2. The highest BCUT2D eigenvalue weighted by atomic mass is 19.1. The van der Waals surface area contributed by atoms with Crippen molar-refractivity contribution < 1.29 is 13.9 Å². The van der Waals surface area contributed by atoms with Crippen LogP contribution in [-0.4, -0.2) is 28.7 Å². The lowest BCUT2D eigenvalue weighted by Crippen LogP contribution is -2.48. The van der Waals surface area contributed by atoms with Crippen molar-refractivity contribution in [2.24, 2.45) is 7.05 Å². The van der Waals surface area contributed by atoms with Crippen LogP contribution in [0.5, 0.6) is 0 Å². The first kappa shape index (κ1) is 17.7. The van der Waals surface area contributed by atoms with E-state index < -0.39 is 5.41 Å². The van der Waals surface area contributed by atoms with Gasteiger partial charge in [-0.1, -0.05) is 24.3 Å². The highest BCUT2D eigenvalue weighted by Gasteiger charge is 2.41. The van der Waals surface area contributed by atoms with Crippen LogP contribution in [0.4, 0.5) is 4.39 Å². The average Bonchev–Trinajstić information content (AvgIpc) is 3.02. The molecule has 6 heteroatoms. The third kappa shape index (κ3) is 3.21. The zero-order chi connectivity index (χ0) is 18.9. The number of aryl methyl sites for hydroxylation is 1. The van der Waals surface area contributed by atoms with Gasteiger partial charge in [0.1, 0.15) is 11.6 Å². The van der Waals surface area contributed by atoms with Crippen molar-refractivity contribution in [3.05, 3.63) is 65.7 Å². The number of carbonyl (C=O) groups is 1. The summed E-state index contributed by atoms with van der Waals surface area (Å²) in [5, 5.41) is 3.03. The van der Waals surface area contributed by atoms with E-state index in [-0.39, 0.29) is 11.7 Å². The maximum atomic E-state index is 13.8. The van der Waals surface area contributed by atoms with Gasteiger partial charge in [0.2, 0.25) is 5.91 Å². The maximum absolute atomic E-state index is 13.8. The predicted octanol–water partition coefficient (Wildman–Crippen LogP) is 3.08. The number of aromatic nitrogens is 2. The van der Waals surface area contributed by atoms with E-state index in [9.17, 15) is 9.18 Å². The largest absolute Gasteiger partial charge is 0.381 e. The number of ether oxygens (including phenoxy) is 1. The van der Waals surface area contributed by atoms with E-state index in [4.69, 9.17) is 4.74 Å². The van der Waals surface area contributed by atoms with Crippen molar-refractivity contribution in [3.8, 4) is 0 Å². The summed E-state index contributed by atoms with van der Waals surface area (Å²) < 4.78 is 21.2. The van der Waals surface area contributed by atoms with Crippen LogP contribution in [0.25, 0.3) is 11.0 Å². The number of carbonyl (C=O) groups excluding carboxylic acids is 1. The summed E-state index contributed by atoms with van der Waals surface area (Å²) in [5.41, 5.74) is 1.85. The normalized spacial score (nSPS) is 16.4. The molecule has 0 spiro atoms. The van der Waals surface area contributed by atoms with E-state index in [2.05, 4.69) is 10.3 Å². The van der Waals surface area contributed by atoms with Crippen LogP contribution in [0.1, 0.15) is 24.2 Å². The average molecular weight is 367 g/mol. The Hall–Kier alpha value is -2.73. The summed E-state index contributed by atoms with van der Waals surface area (Å²) in [4.78, 5) is 17.8. The molecule has 2 aromatic carbocycles. The van der Waals surface area contributed by atoms with Gasteiger partial charge >= 0.3 is 0 Å². The van der Waals surface area contributed by atoms with Gasteiger partial charge in [-0.05, 0) is 42.7 Å². The topological polar surface area (TPSA) is 56.2 Å². The second-order valence-electron chi connectivity index (χ2n) is 6.96. The Balaban J connectivity index is 1.59. The number of amides is 1. The van der Waals surface area contributed by atoms with E-state index in [0.717, 1.165) is 16.9 Å². The molecule has 1 aromatic heterocycles. The predicted molar refractivity (Wildman–Crippen MR) is 101 cm³/mol. The number of halogens is 1. The molecule has 1 saturated heterocycles. The first-order valence-electron chi connectivity index (χ1n) is 9.13. The zero-order valence-electron chi connectivity index (χ0n) is 15.2. The Kier molecular flexibility index (Phi) is 4.66. The molecule has 2 heterocycles. The molecule has 5 nitrogen and oxygen atoms in total. The molecule has 1 fully saturated rings. The molecule has 4 rings (SSSR count). The monoisotopic (exact) mass is 367 g/mol. The smallest absolute Gasteiger partial charge is 0.231 e. The molecular formula is C21H22FN3O2. The van der Waals surface area contributed by atoms with Crippen molar-refractivity contribution >= 4 is 16.9 Å². The maximum Gasteiger partial charge on any atom is 0.231 e. The summed E-state index contributed by atoms with van der Waals surface area (Å²) in [6.07, 6.45) is 1.07. The number of imidazole rings is 1. The van der Waals surface area contributed by atoms with E-state index in [1.807, 2.05) is 41.9 Å². The quantitative estimate of drug-likeness (QED) is 0.771. The molecule has 0 atom stereocenters. The minimum atomic E-state index is -0.773. The number of rotatable bonds is 4. The molecule has 0 radical (unpaired) electrons. The molecule has 3 aromatic rings. The second-order valence-corrected chi connectivity index (χ2v) is 6.96. The van der Waals surface area contributed by atoms with E-state index in [1.54, 1.807) is 6.07 Å². The molecule has 1 amide bonds. The molecule has 1 aliphatic heterocycles. The van der Waals surface area contributed by atoms with Crippen LogP contribution in [-0.2, 0) is 28.5 Å². The Morgan fingerprint density at radius 3 is 2.74 bits per heavy atom. The van der Waals surface area contributed by atoms with Crippen molar-refractivity contribution in [1.29, 1.82) is 0 Å². The van der Waals surface area contributed by atoms with Crippen LogP contribution in [0.2, 0.25) is 0 Å². The van der Waals surface area contributed by atoms with E-state index >= 15 is 0 Å². The fourth-order valence-corrected chi connectivity index (χ4v) is 3.83. The molecular weight excluding hydrogens is 345 g/mol. The standard InChI is InChI=1S/C21H22FN3O2/c1-25-18-8-3-2-7-17(18)24-19(25)14-23-20(26)21(9-11-27-12-10-21)15-5-4-6-16(22)13-15/h2-8,13H,9-12,14H2,1H3,(H,23,26). The number of nitrogens with zero attached hydrogens (tertiary/aromatic N) is 2. The first-order chi connectivity index (χ1) is 13.1. The molecule has 0 unspecified atom stereocenters. The number of nitrogens with one attached hydrogen (secondary N) is 1. The fraction of sp³-hybridized carbons (Fsp3) is 0.333. The molecule has 0 bridgehead atoms. The summed E-state index contributed by atoms with van der Waals surface area (Å²) in [6.45, 7) is 1.29. The summed E-state index contributed by atoms with van der Waals surface area (Å²) in [7, 11) is 1.94. The number of benzene rings is 2. The number of hydrogen-bond acceptors (Lipinski definition) is 3. The number of fused-ring (bicyclic) bond motifs is 1. The van der Waals surface area contributed by atoms with Crippen LogP contribution in [0, 0.1) is 5.82 Å². The van der Waals surface area contributed by atoms with Gasteiger partial charge in [-0.2, -0.15) is 0 Å². The van der Waals surface area contributed by atoms with Gasteiger partial charge in [0.25, 0.3) is 0 Å². The Labute approximate surface area is 157 Å². The van der Waals surface area contributed by atoms with Gasteiger partial charge in [-0.15, -0.1) is 0 Å². The Morgan fingerprint density at radius 2 is 2.00 bits per heavy atom. The third-order valence-electron chi connectivity index (χ3n) is 5.45.